The first-order valence-corrected chi connectivity index (χ1v) is 10.8. The Hall–Kier alpha value is -4.33. The summed E-state index contributed by atoms with van der Waals surface area (Å²) in [6.07, 6.45) is 0. The summed E-state index contributed by atoms with van der Waals surface area (Å²) < 4.78 is 15.9. The van der Waals surface area contributed by atoms with E-state index in [9.17, 15) is 14.4 Å². The Balaban J connectivity index is 1.91. The molecule has 0 aromatic heterocycles. The van der Waals surface area contributed by atoms with Gasteiger partial charge in [0, 0.05) is 5.69 Å². The lowest BCUT2D eigenvalue weighted by Gasteiger charge is -2.15. The van der Waals surface area contributed by atoms with Gasteiger partial charge in [-0.2, -0.15) is 0 Å². The highest BCUT2D eigenvalue weighted by Gasteiger charge is 2.19. The zero-order valence-corrected chi connectivity index (χ0v) is 19.2. The van der Waals surface area contributed by atoms with E-state index in [0.29, 0.717) is 41.5 Å². The first-order valence-electron chi connectivity index (χ1n) is 10.8. The monoisotopic (exact) mass is 462 g/mol. The molecule has 0 heterocycles. The summed E-state index contributed by atoms with van der Waals surface area (Å²) in [5.41, 5.74) is 1.35. The molecule has 0 unspecified atom stereocenters. The highest BCUT2D eigenvalue weighted by Crippen LogP contribution is 2.26. The zero-order valence-electron chi connectivity index (χ0n) is 19.2. The summed E-state index contributed by atoms with van der Waals surface area (Å²) in [5, 5.41) is 5.51. The number of amides is 2. The number of nitrogens with one attached hydrogen (secondary N) is 2. The zero-order chi connectivity index (χ0) is 24.5. The molecule has 3 aromatic rings. The number of ether oxygens (including phenoxy) is 3. The molecule has 0 bridgehead atoms. The summed E-state index contributed by atoms with van der Waals surface area (Å²) in [7, 11) is 1.25. The van der Waals surface area contributed by atoms with Crippen LogP contribution in [0.2, 0.25) is 0 Å². The second-order valence-electron chi connectivity index (χ2n) is 7.02. The van der Waals surface area contributed by atoms with Crippen molar-refractivity contribution in [2.24, 2.45) is 0 Å². The molecular weight excluding hydrogens is 436 g/mol. The number of anilines is 2. The molecule has 0 aliphatic heterocycles. The third kappa shape index (κ3) is 5.72. The number of hydrogen-bond donors (Lipinski definition) is 2. The Morgan fingerprint density at radius 1 is 0.706 bits per heavy atom. The van der Waals surface area contributed by atoms with Gasteiger partial charge in [-0.05, 0) is 56.3 Å². The van der Waals surface area contributed by atoms with E-state index in [1.165, 1.54) is 19.2 Å². The normalized spacial score (nSPS) is 10.2. The van der Waals surface area contributed by atoms with E-state index in [2.05, 4.69) is 10.6 Å². The molecular formula is C26H26N2O6. The standard InChI is InChI=1S/C26H26N2O6/c1-4-33-22-12-8-6-10-19(22)24(29)27-17-14-15-18(26(31)32-3)21(16-17)28-25(30)20-11-7-9-13-23(20)34-5-2/h6-16H,4-5H2,1-3H3,(H,27,29)(H,28,30). The molecule has 3 aromatic carbocycles. The van der Waals surface area contributed by atoms with E-state index >= 15 is 0 Å². The molecule has 0 saturated carbocycles. The third-order valence-electron chi connectivity index (χ3n) is 4.79. The van der Waals surface area contributed by atoms with Gasteiger partial charge in [-0.3, -0.25) is 9.59 Å². The van der Waals surface area contributed by atoms with Crippen molar-refractivity contribution in [1.29, 1.82) is 0 Å². The number of esters is 1. The van der Waals surface area contributed by atoms with Crippen molar-refractivity contribution in [3.63, 3.8) is 0 Å². The summed E-state index contributed by atoms with van der Waals surface area (Å²) in [4.78, 5) is 38.2. The maximum atomic E-state index is 13.0. The minimum Gasteiger partial charge on any atom is -0.493 e. The average Bonchev–Trinajstić information content (AvgIpc) is 2.85. The van der Waals surface area contributed by atoms with Crippen LogP contribution in [0, 0.1) is 0 Å². The molecule has 0 spiro atoms. The van der Waals surface area contributed by atoms with Crippen molar-refractivity contribution in [3.05, 3.63) is 83.4 Å². The van der Waals surface area contributed by atoms with E-state index in [0.717, 1.165) is 0 Å². The predicted molar refractivity (Wildman–Crippen MR) is 129 cm³/mol. The first kappa shape index (κ1) is 24.3. The van der Waals surface area contributed by atoms with Gasteiger partial charge < -0.3 is 24.8 Å². The number of carbonyl (C=O) groups excluding carboxylic acids is 3. The van der Waals surface area contributed by atoms with Gasteiger partial charge in [0.05, 0.1) is 42.7 Å². The van der Waals surface area contributed by atoms with Crippen LogP contribution >= 0.6 is 0 Å². The van der Waals surface area contributed by atoms with Gasteiger partial charge >= 0.3 is 5.97 Å². The molecule has 0 aliphatic carbocycles. The average molecular weight is 463 g/mol. The van der Waals surface area contributed by atoms with Gasteiger partial charge in [-0.1, -0.05) is 24.3 Å². The second kappa shape index (κ2) is 11.5. The Morgan fingerprint density at radius 2 is 1.24 bits per heavy atom. The number of benzene rings is 3. The van der Waals surface area contributed by atoms with Gasteiger partial charge in [-0.25, -0.2) is 4.79 Å². The fourth-order valence-electron chi connectivity index (χ4n) is 3.27. The quantitative estimate of drug-likeness (QED) is 0.444. The maximum absolute atomic E-state index is 13.0. The Labute approximate surface area is 197 Å². The van der Waals surface area contributed by atoms with Crippen molar-refractivity contribution in [2.45, 2.75) is 13.8 Å². The number of para-hydroxylation sites is 2. The van der Waals surface area contributed by atoms with Gasteiger partial charge in [-0.15, -0.1) is 0 Å². The molecule has 8 heteroatoms. The van der Waals surface area contributed by atoms with Gasteiger partial charge in [0.25, 0.3) is 11.8 Å². The SMILES string of the molecule is CCOc1ccccc1C(=O)Nc1ccc(C(=O)OC)c(NC(=O)c2ccccc2OCC)c1. The molecule has 8 nitrogen and oxygen atoms in total. The lowest BCUT2D eigenvalue weighted by atomic mass is 10.1. The van der Waals surface area contributed by atoms with Crippen LogP contribution in [0.3, 0.4) is 0 Å². The van der Waals surface area contributed by atoms with Crippen LogP contribution in [0.25, 0.3) is 0 Å². The second-order valence-corrected chi connectivity index (χ2v) is 7.02. The highest BCUT2D eigenvalue weighted by atomic mass is 16.5. The number of methoxy groups -OCH3 is 1. The Kier molecular flexibility index (Phi) is 8.23. The minimum atomic E-state index is -0.632. The van der Waals surface area contributed by atoms with E-state index < -0.39 is 17.8 Å². The number of rotatable bonds is 9. The molecule has 0 radical (unpaired) electrons. The van der Waals surface area contributed by atoms with Gasteiger partial charge in [0.15, 0.2) is 0 Å². The van der Waals surface area contributed by atoms with Crippen LogP contribution < -0.4 is 20.1 Å². The number of carbonyl (C=O) groups is 3. The molecule has 0 saturated heterocycles. The molecule has 34 heavy (non-hydrogen) atoms. The van der Waals surface area contributed by atoms with Crippen LogP contribution in [0.1, 0.15) is 44.9 Å². The van der Waals surface area contributed by atoms with E-state index in [4.69, 9.17) is 14.2 Å². The Bertz CT molecular complexity index is 1190. The van der Waals surface area contributed by atoms with E-state index in [-0.39, 0.29) is 11.3 Å². The topological polar surface area (TPSA) is 103 Å². The highest BCUT2D eigenvalue weighted by molar-refractivity contribution is 6.11. The summed E-state index contributed by atoms with van der Waals surface area (Å²) in [6.45, 7) is 4.46. The van der Waals surface area contributed by atoms with E-state index in [1.807, 2.05) is 13.8 Å². The smallest absolute Gasteiger partial charge is 0.339 e. The minimum absolute atomic E-state index is 0.137. The van der Waals surface area contributed by atoms with Crippen molar-refractivity contribution < 1.29 is 28.6 Å². The summed E-state index contributed by atoms with van der Waals surface area (Å²) in [6, 6.07) is 18.2. The summed E-state index contributed by atoms with van der Waals surface area (Å²) in [5.74, 6) is -0.630. The van der Waals surface area contributed by atoms with Crippen LogP contribution in [0.15, 0.2) is 66.7 Å². The lowest BCUT2D eigenvalue weighted by Crippen LogP contribution is -2.18. The third-order valence-corrected chi connectivity index (χ3v) is 4.79. The van der Waals surface area contributed by atoms with E-state index in [1.54, 1.807) is 54.6 Å². The largest absolute Gasteiger partial charge is 0.493 e. The molecule has 0 atom stereocenters. The molecule has 3 rings (SSSR count). The molecule has 176 valence electrons. The first-order chi connectivity index (χ1) is 16.5. The molecule has 0 fully saturated rings. The fraction of sp³-hybridized carbons (Fsp3) is 0.192. The van der Waals surface area contributed by atoms with Crippen molar-refractivity contribution in [1.82, 2.24) is 0 Å². The van der Waals surface area contributed by atoms with Gasteiger partial charge in [0.1, 0.15) is 11.5 Å². The van der Waals surface area contributed by atoms with Crippen LogP contribution in [-0.2, 0) is 4.74 Å². The summed E-state index contributed by atoms with van der Waals surface area (Å²) >= 11 is 0. The Morgan fingerprint density at radius 3 is 1.76 bits per heavy atom. The van der Waals surface area contributed by atoms with Crippen molar-refractivity contribution in [3.8, 4) is 11.5 Å². The maximum Gasteiger partial charge on any atom is 0.339 e. The van der Waals surface area contributed by atoms with Gasteiger partial charge in [0.2, 0.25) is 0 Å². The molecule has 2 N–H and O–H groups in total. The fourth-order valence-corrected chi connectivity index (χ4v) is 3.27. The van der Waals surface area contributed by atoms with Crippen LogP contribution in [0.4, 0.5) is 11.4 Å². The lowest BCUT2D eigenvalue weighted by molar-refractivity contribution is 0.0602. The van der Waals surface area contributed by atoms with Crippen molar-refractivity contribution in [2.75, 3.05) is 31.0 Å². The van der Waals surface area contributed by atoms with Crippen LogP contribution in [-0.4, -0.2) is 38.1 Å². The number of hydrogen-bond acceptors (Lipinski definition) is 6. The molecule has 0 aliphatic rings. The molecule has 2 amide bonds. The van der Waals surface area contributed by atoms with Crippen LogP contribution in [0.5, 0.6) is 11.5 Å². The van der Waals surface area contributed by atoms with Crippen molar-refractivity contribution >= 4 is 29.2 Å². The predicted octanol–water partition coefficient (Wildman–Crippen LogP) is 4.78.